The minimum atomic E-state index is -1.22. The van der Waals surface area contributed by atoms with Gasteiger partial charge in [0.2, 0.25) is 5.91 Å². The normalized spacial score (nSPS) is 11.6. The molecule has 0 fully saturated rings. The maximum atomic E-state index is 13.9. The van der Waals surface area contributed by atoms with Gasteiger partial charge in [0.05, 0.1) is 6.04 Å². The maximum Gasteiger partial charge on any atom is 0.307 e. The Morgan fingerprint density at radius 2 is 1.81 bits per heavy atom. The number of hydrogen-bond acceptors (Lipinski definition) is 6. The average Bonchev–Trinajstić information content (AvgIpc) is 2.77. The summed E-state index contributed by atoms with van der Waals surface area (Å²) in [6.07, 6.45) is -0.0592. The van der Waals surface area contributed by atoms with Crippen LogP contribution < -0.4 is 22.0 Å². The molecule has 2 rings (SSSR count). The van der Waals surface area contributed by atoms with Crippen molar-refractivity contribution < 1.29 is 37.9 Å². The van der Waals surface area contributed by atoms with Crippen LogP contribution in [0.2, 0.25) is 0 Å². The molecule has 0 spiro atoms. The number of nitrogens with one attached hydrogen (secondary N) is 1. The molecule has 32 heavy (non-hydrogen) atoms. The molecule has 1 atom stereocenters. The van der Waals surface area contributed by atoms with Crippen molar-refractivity contribution in [3.8, 4) is 0 Å². The van der Waals surface area contributed by atoms with Crippen molar-refractivity contribution in [1.82, 2.24) is 10.2 Å². The third kappa shape index (κ3) is 6.57. The van der Waals surface area contributed by atoms with Gasteiger partial charge in [0.25, 0.3) is 5.91 Å². The Hall–Kier alpha value is -2.86. The van der Waals surface area contributed by atoms with Crippen molar-refractivity contribution in [2.24, 2.45) is 5.73 Å². The molecule has 0 heterocycles. The summed E-state index contributed by atoms with van der Waals surface area (Å²) in [5.41, 5.74) is 5.64. The standard InChI is InChI=1S/C19H22B2F3N3O5/c22-13-6-11(5-12(7-13)20-31)19(30)27(2-1-16(25)18(29)26-9-28)8-10-3-14(21-32)17(24)15(23)4-10/h3-7,16,20-21,28,31-32H,1-2,8-9,25H2,(H,26,29)/t16-/m0/s1. The Kier molecular flexibility index (Phi) is 9.27. The smallest absolute Gasteiger partial charge is 0.307 e. The van der Waals surface area contributed by atoms with Gasteiger partial charge < -0.3 is 31.1 Å². The molecule has 0 saturated heterocycles. The number of carbonyl (C=O) groups excluding carboxylic acids is 2. The number of nitrogens with two attached hydrogens (primary N) is 1. The van der Waals surface area contributed by atoms with E-state index in [1.165, 1.54) is 12.1 Å². The Bertz CT molecular complexity index is 983. The molecule has 0 radical (unpaired) electrons. The molecule has 8 nitrogen and oxygen atoms in total. The third-order valence-corrected chi connectivity index (χ3v) is 4.68. The monoisotopic (exact) mass is 451 g/mol. The Morgan fingerprint density at radius 1 is 1.09 bits per heavy atom. The van der Waals surface area contributed by atoms with Crippen LogP contribution in [0.1, 0.15) is 22.3 Å². The molecule has 2 aromatic carbocycles. The molecule has 0 aromatic heterocycles. The molecular weight excluding hydrogens is 429 g/mol. The highest BCUT2D eigenvalue weighted by atomic mass is 19.2. The van der Waals surface area contributed by atoms with E-state index in [1.54, 1.807) is 0 Å². The van der Waals surface area contributed by atoms with Crippen LogP contribution in [0.3, 0.4) is 0 Å². The Morgan fingerprint density at radius 3 is 2.44 bits per heavy atom. The van der Waals surface area contributed by atoms with Crippen LogP contribution in [0, 0.1) is 17.5 Å². The van der Waals surface area contributed by atoms with E-state index in [1.807, 2.05) is 0 Å². The summed E-state index contributed by atoms with van der Waals surface area (Å²) in [4.78, 5) is 26.0. The first kappa shape index (κ1) is 25.4. The number of nitrogens with zero attached hydrogens (tertiary/aromatic N) is 1. The number of aliphatic hydroxyl groups excluding tert-OH is 1. The second-order valence-corrected chi connectivity index (χ2v) is 7.04. The number of halogens is 3. The van der Waals surface area contributed by atoms with E-state index < -0.39 is 57.0 Å². The first-order valence-corrected chi connectivity index (χ1v) is 9.61. The van der Waals surface area contributed by atoms with Gasteiger partial charge in [-0.1, -0.05) is 12.1 Å². The number of carbonyl (C=O) groups is 2. The fraction of sp³-hybridized carbons (Fsp3) is 0.263. The molecule has 0 aliphatic heterocycles. The topological polar surface area (TPSA) is 136 Å². The minimum Gasteiger partial charge on any atom is -0.449 e. The minimum absolute atomic E-state index is 0.0592. The van der Waals surface area contributed by atoms with Crippen LogP contribution in [0.25, 0.3) is 0 Å². The molecule has 2 amide bonds. The lowest BCUT2D eigenvalue weighted by Crippen LogP contribution is -2.44. The lowest BCUT2D eigenvalue weighted by molar-refractivity contribution is -0.123. The summed E-state index contributed by atoms with van der Waals surface area (Å²) in [6, 6.07) is 4.24. The molecule has 0 unspecified atom stereocenters. The predicted molar refractivity (Wildman–Crippen MR) is 113 cm³/mol. The van der Waals surface area contributed by atoms with Gasteiger partial charge in [0, 0.05) is 18.7 Å². The van der Waals surface area contributed by atoms with Crippen molar-refractivity contribution in [1.29, 1.82) is 0 Å². The number of amides is 2. The zero-order valence-electron chi connectivity index (χ0n) is 17.0. The summed E-state index contributed by atoms with van der Waals surface area (Å²) < 4.78 is 41.5. The van der Waals surface area contributed by atoms with Gasteiger partial charge in [-0.05, 0) is 41.1 Å². The van der Waals surface area contributed by atoms with E-state index in [9.17, 15) is 32.8 Å². The quantitative estimate of drug-likeness (QED) is 0.200. The van der Waals surface area contributed by atoms with Crippen LogP contribution in [0.4, 0.5) is 13.2 Å². The van der Waals surface area contributed by atoms with Crippen LogP contribution >= 0.6 is 0 Å². The van der Waals surface area contributed by atoms with E-state index in [0.29, 0.717) is 0 Å². The molecule has 0 saturated carbocycles. The first-order valence-electron chi connectivity index (χ1n) is 9.61. The molecule has 13 heteroatoms. The van der Waals surface area contributed by atoms with Crippen LogP contribution in [0.5, 0.6) is 0 Å². The first-order chi connectivity index (χ1) is 15.2. The van der Waals surface area contributed by atoms with E-state index in [0.717, 1.165) is 23.1 Å². The zero-order valence-corrected chi connectivity index (χ0v) is 17.0. The van der Waals surface area contributed by atoms with Gasteiger partial charge in [-0.15, -0.1) is 0 Å². The van der Waals surface area contributed by atoms with E-state index in [2.05, 4.69) is 5.32 Å². The maximum absolute atomic E-state index is 13.9. The second kappa shape index (κ2) is 11.7. The second-order valence-electron chi connectivity index (χ2n) is 7.04. The zero-order chi connectivity index (χ0) is 23.8. The van der Waals surface area contributed by atoms with Crippen molar-refractivity contribution in [3.05, 3.63) is 58.9 Å². The summed E-state index contributed by atoms with van der Waals surface area (Å²) in [7, 11) is -1.27. The average molecular weight is 451 g/mol. The highest BCUT2D eigenvalue weighted by Gasteiger charge is 2.22. The van der Waals surface area contributed by atoms with Gasteiger partial charge in [-0.3, -0.25) is 9.59 Å². The fourth-order valence-electron chi connectivity index (χ4n) is 3.07. The molecule has 0 aliphatic rings. The van der Waals surface area contributed by atoms with Crippen LogP contribution in [-0.4, -0.2) is 66.2 Å². The molecule has 6 N–H and O–H groups in total. The van der Waals surface area contributed by atoms with Crippen LogP contribution in [-0.2, 0) is 11.3 Å². The summed E-state index contributed by atoms with van der Waals surface area (Å²) in [5, 5.41) is 29.4. The molecule has 0 aliphatic carbocycles. The summed E-state index contributed by atoms with van der Waals surface area (Å²) >= 11 is 0. The third-order valence-electron chi connectivity index (χ3n) is 4.68. The van der Waals surface area contributed by atoms with Gasteiger partial charge in [-0.25, -0.2) is 13.2 Å². The van der Waals surface area contributed by atoms with Crippen molar-refractivity contribution >= 4 is 37.7 Å². The van der Waals surface area contributed by atoms with Crippen molar-refractivity contribution in [2.45, 2.75) is 19.0 Å². The van der Waals surface area contributed by atoms with Crippen LogP contribution in [0.15, 0.2) is 30.3 Å². The van der Waals surface area contributed by atoms with E-state index in [4.69, 9.17) is 10.8 Å². The SMILES string of the molecule is N[C@@H](CCN(Cc1cc(F)c(F)c(BO)c1)C(=O)c1cc(F)cc(BO)c1)C(=O)NCO. The predicted octanol–water partition coefficient (Wildman–Crippen LogP) is -2.53. The molecule has 2 aromatic rings. The van der Waals surface area contributed by atoms with Gasteiger partial charge in [0.1, 0.15) is 12.5 Å². The van der Waals surface area contributed by atoms with Gasteiger partial charge in [-0.2, -0.15) is 0 Å². The number of aliphatic hydroxyl groups is 1. The molecule has 170 valence electrons. The number of benzene rings is 2. The Balaban J connectivity index is 2.34. The molecule has 0 bridgehead atoms. The fourth-order valence-corrected chi connectivity index (χ4v) is 3.07. The lowest BCUT2D eigenvalue weighted by Gasteiger charge is -2.25. The summed E-state index contributed by atoms with van der Waals surface area (Å²) in [6.45, 7) is -1.01. The van der Waals surface area contributed by atoms with Crippen molar-refractivity contribution in [3.63, 3.8) is 0 Å². The largest absolute Gasteiger partial charge is 0.449 e. The summed E-state index contributed by atoms with van der Waals surface area (Å²) in [5.74, 6) is -4.55. The highest BCUT2D eigenvalue weighted by Crippen LogP contribution is 2.14. The number of hydrogen-bond donors (Lipinski definition) is 5. The Labute approximate surface area is 183 Å². The lowest BCUT2D eigenvalue weighted by atomic mass is 9.86. The highest BCUT2D eigenvalue weighted by molar-refractivity contribution is 6.46. The molecular formula is C19H22B2F3N3O5. The van der Waals surface area contributed by atoms with E-state index >= 15 is 0 Å². The number of rotatable bonds is 10. The van der Waals surface area contributed by atoms with Gasteiger partial charge >= 0.3 is 15.0 Å². The van der Waals surface area contributed by atoms with Crippen molar-refractivity contribution in [2.75, 3.05) is 13.3 Å². The van der Waals surface area contributed by atoms with Gasteiger partial charge in [0.15, 0.2) is 11.6 Å². The van der Waals surface area contributed by atoms with E-state index in [-0.39, 0.29) is 41.6 Å².